The van der Waals surface area contributed by atoms with Crippen molar-refractivity contribution in [1.29, 1.82) is 0 Å². The average Bonchev–Trinajstić information content (AvgIpc) is 2.56. The van der Waals surface area contributed by atoms with Crippen LogP contribution in [0.2, 0.25) is 0 Å². The Bertz CT molecular complexity index is 247. The molecule has 0 bridgehead atoms. The van der Waals surface area contributed by atoms with Gasteiger partial charge in [-0.25, -0.2) is 0 Å². The molecule has 0 aliphatic carbocycles. The average molecular weight is 245 g/mol. The maximum atomic E-state index is 11.7. The molecule has 1 heterocycles. The van der Waals surface area contributed by atoms with Crippen LogP contribution < -0.4 is 5.32 Å². The van der Waals surface area contributed by atoms with Crippen molar-refractivity contribution in [3.05, 3.63) is 0 Å². The van der Waals surface area contributed by atoms with Crippen molar-refractivity contribution in [3.8, 4) is 0 Å². The van der Waals surface area contributed by atoms with Crippen LogP contribution in [-0.2, 0) is 9.53 Å². The van der Waals surface area contributed by atoms with Crippen LogP contribution in [0.3, 0.4) is 0 Å². The predicted molar refractivity (Wildman–Crippen MR) is 63.5 cm³/mol. The Kier molecular flexibility index (Phi) is 5.88. The number of aliphatic hydroxyl groups excluding tert-OH is 2. The lowest BCUT2D eigenvalue weighted by Gasteiger charge is -2.14. The Balaban J connectivity index is 2.24. The lowest BCUT2D eigenvalue weighted by atomic mass is 10.1. The van der Waals surface area contributed by atoms with Crippen molar-refractivity contribution < 1.29 is 19.7 Å². The second-order valence-electron chi connectivity index (χ2n) is 4.59. The first kappa shape index (κ1) is 14.4. The number of hydrogen-bond donors (Lipinski definition) is 3. The van der Waals surface area contributed by atoms with Gasteiger partial charge in [0, 0.05) is 6.54 Å². The quantitative estimate of drug-likeness (QED) is 0.584. The van der Waals surface area contributed by atoms with Crippen LogP contribution in [0, 0.1) is 0 Å². The molecular weight excluding hydrogens is 222 g/mol. The van der Waals surface area contributed by atoms with Crippen molar-refractivity contribution in [2.45, 2.75) is 63.9 Å². The van der Waals surface area contributed by atoms with Gasteiger partial charge in [-0.15, -0.1) is 0 Å². The molecule has 5 heteroatoms. The smallest absolute Gasteiger partial charge is 0.251 e. The molecule has 0 aromatic carbocycles. The standard InChI is InChI=1S/C12H23NO4/c1-3-4-5-6-7-13-12(16)11-10(15)9(14)8(2)17-11/h8-11,14-15H,3-7H2,1-2H3,(H,13,16)/t8-,9?,10+,11-/m0/s1. The molecule has 0 radical (unpaired) electrons. The van der Waals surface area contributed by atoms with Gasteiger partial charge in [0.15, 0.2) is 6.10 Å². The topological polar surface area (TPSA) is 78.8 Å². The molecule has 5 nitrogen and oxygen atoms in total. The predicted octanol–water partition coefficient (Wildman–Crippen LogP) is 0.192. The van der Waals surface area contributed by atoms with Crippen molar-refractivity contribution in [2.24, 2.45) is 0 Å². The summed E-state index contributed by atoms with van der Waals surface area (Å²) in [6.07, 6.45) is 0.791. The van der Waals surface area contributed by atoms with Gasteiger partial charge in [-0.3, -0.25) is 4.79 Å². The van der Waals surface area contributed by atoms with Gasteiger partial charge < -0.3 is 20.3 Å². The van der Waals surface area contributed by atoms with E-state index < -0.39 is 24.4 Å². The Hall–Kier alpha value is -0.650. The molecule has 1 saturated heterocycles. The molecule has 0 aromatic rings. The minimum absolute atomic E-state index is 0.336. The summed E-state index contributed by atoms with van der Waals surface area (Å²) in [5, 5.41) is 21.8. The van der Waals surface area contributed by atoms with Crippen molar-refractivity contribution >= 4 is 5.91 Å². The number of hydrogen-bond acceptors (Lipinski definition) is 4. The monoisotopic (exact) mass is 245 g/mol. The van der Waals surface area contributed by atoms with Gasteiger partial charge in [0.2, 0.25) is 0 Å². The zero-order valence-corrected chi connectivity index (χ0v) is 10.6. The molecule has 1 unspecified atom stereocenters. The zero-order chi connectivity index (χ0) is 12.8. The van der Waals surface area contributed by atoms with Crippen molar-refractivity contribution in [2.75, 3.05) is 6.54 Å². The molecule has 1 fully saturated rings. The molecule has 100 valence electrons. The van der Waals surface area contributed by atoms with E-state index in [0.717, 1.165) is 25.7 Å². The minimum Gasteiger partial charge on any atom is -0.388 e. The van der Waals surface area contributed by atoms with E-state index in [0.29, 0.717) is 6.54 Å². The number of carbonyl (C=O) groups is 1. The molecule has 4 atom stereocenters. The van der Waals surface area contributed by atoms with Gasteiger partial charge in [0.1, 0.15) is 12.2 Å². The van der Waals surface area contributed by atoms with E-state index in [9.17, 15) is 15.0 Å². The summed E-state index contributed by atoms with van der Waals surface area (Å²) in [5.74, 6) is -0.336. The summed E-state index contributed by atoms with van der Waals surface area (Å²) >= 11 is 0. The molecule has 1 aliphatic heterocycles. The second-order valence-corrected chi connectivity index (χ2v) is 4.59. The summed E-state index contributed by atoms with van der Waals surface area (Å²) in [7, 11) is 0. The molecule has 0 saturated carbocycles. The van der Waals surface area contributed by atoms with Crippen LogP contribution in [0.1, 0.15) is 39.5 Å². The van der Waals surface area contributed by atoms with E-state index in [1.54, 1.807) is 6.92 Å². The molecule has 17 heavy (non-hydrogen) atoms. The SMILES string of the molecule is CCCCCCNC(=O)[C@H]1O[C@@H](C)C(O)[C@H]1O. The highest BCUT2D eigenvalue weighted by atomic mass is 16.5. The maximum absolute atomic E-state index is 11.7. The number of unbranched alkanes of at least 4 members (excludes halogenated alkanes) is 3. The minimum atomic E-state index is -1.12. The Labute approximate surface area is 102 Å². The lowest BCUT2D eigenvalue weighted by Crippen LogP contribution is -2.43. The first-order valence-corrected chi connectivity index (χ1v) is 6.37. The normalized spacial score (nSPS) is 32.7. The zero-order valence-electron chi connectivity index (χ0n) is 10.6. The number of carbonyl (C=O) groups excluding carboxylic acids is 1. The van der Waals surface area contributed by atoms with Crippen LogP contribution in [0.15, 0.2) is 0 Å². The van der Waals surface area contributed by atoms with E-state index in [2.05, 4.69) is 12.2 Å². The molecule has 3 N–H and O–H groups in total. The Morgan fingerprint density at radius 1 is 1.24 bits per heavy atom. The van der Waals surface area contributed by atoms with Gasteiger partial charge >= 0.3 is 0 Å². The summed E-state index contributed by atoms with van der Waals surface area (Å²) in [4.78, 5) is 11.7. The first-order chi connectivity index (χ1) is 8.07. The fraction of sp³-hybridized carbons (Fsp3) is 0.917. The number of aliphatic hydroxyl groups is 2. The highest BCUT2D eigenvalue weighted by molar-refractivity contribution is 5.81. The Morgan fingerprint density at radius 2 is 1.94 bits per heavy atom. The van der Waals surface area contributed by atoms with Crippen LogP contribution in [0.4, 0.5) is 0 Å². The van der Waals surface area contributed by atoms with Gasteiger partial charge in [0.05, 0.1) is 6.10 Å². The third kappa shape index (κ3) is 3.94. The van der Waals surface area contributed by atoms with E-state index in [-0.39, 0.29) is 5.91 Å². The maximum Gasteiger partial charge on any atom is 0.251 e. The summed E-state index contributed by atoms with van der Waals surface area (Å²) in [5.41, 5.74) is 0. The summed E-state index contributed by atoms with van der Waals surface area (Å²) in [6, 6.07) is 0. The van der Waals surface area contributed by atoms with Gasteiger partial charge in [-0.2, -0.15) is 0 Å². The molecule has 1 amide bonds. The van der Waals surface area contributed by atoms with E-state index in [1.807, 2.05) is 0 Å². The van der Waals surface area contributed by atoms with Crippen molar-refractivity contribution in [1.82, 2.24) is 5.32 Å². The van der Waals surface area contributed by atoms with Crippen LogP contribution in [0.5, 0.6) is 0 Å². The third-order valence-electron chi connectivity index (χ3n) is 3.09. The molecule has 0 spiro atoms. The first-order valence-electron chi connectivity index (χ1n) is 6.37. The summed E-state index contributed by atoms with van der Waals surface area (Å²) in [6.45, 7) is 4.36. The van der Waals surface area contributed by atoms with Gasteiger partial charge in [0.25, 0.3) is 5.91 Å². The fourth-order valence-corrected chi connectivity index (χ4v) is 1.93. The second kappa shape index (κ2) is 6.93. The molecule has 1 aliphatic rings. The number of rotatable bonds is 6. The molecule has 0 aromatic heterocycles. The van der Waals surface area contributed by atoms with E-state index in [1.165, 1.54) is 0 Å². The molecule has 1 rings (SSSR count). The van der Waals surface area contributed by atoms with E-state index >= 15 is 0 Å². The van der Waals surface area contributed by atoms with Gasteiger partial charge in [-0.05, 0) is 13.3 Å². The van der Waals surface area contributed by atoms with Crippen molar-refractivity contribution in [3.63, 3.8) is 0 Å². The van der Waals surface area contributed by atoms with E-state index in [4.69, 9.17) is 4.74 Å². The number of ether oxygens (including phenoxy) is 1. The van der Waals surface area contributed by atoms with Gasteiger partial charge in [-0.1, -0.05) is 26.2 Å². The van der Waals surface area contributed by atoms with Crippen LogP contribution in [0.25, 0.3) is 0 Å². The van der Waals surface area contributed by atoms with Crippen LogP contribution >= 0.6 is 0 Å². The highest BCUT2D eigenvalue weighted by Crippen LogP contribution is 2.20. The number of nitrogens with one attached hydrogen (secondary N) is 1. The summed E-state index contributed by atoms with van der Waals surface area (Å²) < 4.78 is 5.21. The molecular formula is C12H23NO4. The lowest BCUT2D eigenvalue weighted by molar-refractivity contribution is -0.135. The number of amides is 1. The Morgan fingerprint density at radius 3 is 2.47 bits per heavy atom. The van der Waals surface area contributed by atoms with Crippen LogP contribution in [-0.4, -0.2) is 47.1 Å². The fourth-order valence-electron chi connectivity index (χ4n) is 1.93. The third-order valence-corrected chi connectivity index (χ3v) is 3.09. The largest absolute Gasteiger partial charge is 0.388 e. The highest BCUT2D eigenvalue weighted by Gasteiger charge is 2.43.